The van der Waals surface area contributed by atoms with E-state index in [4.69, 9.17) is 17.3 Å². The van der Waals surface area contributed by atoms with E-state index in [-0.39, 0.29) is 0 Å². The normalized spacial score (nSPS) is 10.9. The largest absolute Gasteiger partial charge is 0.383 e. The van der Waals surface area contributed by atoms with Crippen LogP contribution in [0.5, 0.6) is 0 Å². The third kappa shape index (κ3) is 1.25. The Balaban J connectivity index is 2.76. The zero-order valence-electron chi connectivity index (χ0n) is 7.29. The summed E-state index contributed by atoms with van der Waals surface area (Å²) in [6, 6.07) is 5.54. The minimum atomic E-state index is 0.688. The molecule has 0 aliphatic carbocycles. The molecule has 0 radical (unpaired) electrons. The lowest BCUT2D eigenvalue weighted by atomic mass is 10.2. The molecular weight excluding hydrogens is 186 g/mol. The van der Waals surface area contributed by atoms with Gasteiger partial charge in [-0.25, -0.2) is 4.68 Å². The first kappa shape index (κ1) is 8.38. The molecular formula is C9H10ClN3. The van der Waals surface area contributed by atoms with Crippen molar-refractivity contribution in [2.24, 2.45) is 0 Å². The molecule has 0 fully saturated rings. The summed E-state index contributed by atoms with van der Waals surface area (Å²) in [5.74, 6) is 0.703. The first-order valence-corrected chi connectivity index (χ1v) is 4.51. The first-order valence-electron chi connectivity index (χ1n) is 4.14. The molecule has 4 heteroatoms. The van der Waals surface area contributed by atoms with E-state index >= 15 is 0 Å². The average Bonchev–Trinajstić information content (AvgIpc) is 2.42. The summed E-state index contributed by atoms with van der Waals surface area (Å²) in [4.78, 5) is 0. The summed E-state index contributed by atoms with van der Waals surface area (Å²) in [6.07, 6.45) is 0. The number of aryl methyl sites for hydroxylation is 1. The van der Waals surface area contributed by atoms with Crippen LogP contribution in [0.1, 0.15) is 6.92 Å². The Bertz CT molecular complexity index is 447. The number of nitrogen functional groups attached to an aromatic ring is 1. The van der Waals surface area contributed by atoms with Crippen molar-refractivity contribution in [3.8, 4) is 0 Å². The highest BCUT2D eigenvalue weighted by molar-refractivity contribution is 6.31. The molecule has 0 atom stereocenters. The van der Waals surface area contributed by atoms with Crippen LogP contribution in [0.2, 0.25) is 5.02 Å². The predicted octanol–water partition coefficient (Wildman–Crippen LogP) is 2.29. The van der Waals surface area contributed by atoms with Crippen LogP contribution in [0.3, 0.4) is 0 Å². The summed E-state index contributed by atoms with van der Waals surface area (Å²) in [5, 5.41) is 5.95. The van der Waals surface area contributed by atoms with Crippen LogP contribution in [-0.2, 0) is 6.54 Å². The van der Waals surface area contributed by atoms with E-state index in [1.54, 1.807) is 4.68 Å². The van der Waals surface area contributed by atoms with E-state index in [9.17, 15) is 0 Å². The lowest BCUT2D eigenvalue weighted by Gasteiger charge is -1.96. The fraction of sp³-hybridized carbons (Fsp3) is 0.222. The maximum Gasteiger partial charge on any atom is 0.129 e. The average molecular weight is 196 g/mol. The zero-order valence-corrected chi connectivity index (χ0v) is 8.04. The Labute approximate surface area is 81.1 Å². The molecule has 3 nitrogen and oxygen atoms in total. The Morgan fingerprint density at radius 3 is 3.00 bits per heavy atom. The number of nitrogens with zero attached hydrogens (tertiary/aromatic N) is 2. The highest BCUT2D eigenvalue weighted by Crippen LogP contribution is 2.23. The van der Waals surface area contributed by atoms with E-state index in [2.05, 4.69) is 5.10 Å². The van der Waals surface area contributed by atoms with Gasteiger partial charge in [0.15, 0.2) is 0 Å². The van der Waals surface area contributed by atoms with Crippen molar-refractivity contribution in [1.82, 2.24) is 9.78 Å². The predicted molar refractivity (Wildman–Crippen MR) is 54.8 cm³/mol. The van der Waals surface area contributed by atoms with Gasteiger partial charge in [-0.1, -0.05) is 11.6 Å². The van der Waals surface area contributed by atoms with E-state index in [0.717, 1.165) is 17.4 Å². The topological polar surface area (TPSA) is 43.8 Å². The lowest BCUT2D eigenvalue weighted by molar-refractivity contribution is 0.678. The Hall–Kier alpha value is -1.22. The van der Waals surface area contributed by atoms with Gasteiger partial charge >= 0.3 is 0 Å². The van der Waals surface area contributed by atoms with Crippen LogP contribution in [-0.4, -0.2) is 9.78 Å². The summed E-state index contributed by atoms with van der Waals surface area (Å²) in [7, 11) is 0. The molecule has 0 bridgehead atoms. The second-order valence-electron chi connectivity index (χ2n) is 2.86. The van der Waals surface area contributed by atoms with Gasteiger partial charge in [-0.15, -0.1) is 0 Å². The molecule has 2 N–H and O–H groups in total. The third-order valence-corrected chi connectivity index (χ3v) is 2.28. The summed E-state index contributed by atoms with van der Waals surface area (Å²) in [6.45, 7) is 2.78. The van der Waals surface area contributed by atoms with Crippen LogP contribution < -0.4 is 5.73 Å². The van der Waals surface area contributed by atoms with Crippen LogP contribution >= 0.6 is 11.6 Å². The van der Waals surface area contributed by atoms with Gasteiger partial charge < -0.3 is 5.73 Å². The Morgan fingerprint density at radius 2 is 2.31 bits per heavy atom. The summed E-state index contributed by atoms with van der Waals surface area (Å²) in [5.41, 5.74) is 6.71. The van der Waals surface area contributed by atoms with Crippen LogP contribution in [0.15, 0.2) is 18.2 Å². The van der Waals surface area contributed by atoms with Crippen molar-refractivity contribution in [2.75, 3.05) is 5.73 Å². The molecule has 1 aromatic carbocycles. The van der Waals surface area contributed by atoms with Crippen molar-refractivity contribution in [2.45, 2.75) is 13.5 Å². The highest BCUT2D eigenvalue weighted by atomic mass is 35.5. The second kappa shape index (κ2) is 2.92. The third-order valence-electron chi connectivity index (χ3n) is 2.04. The number of nitrogens with two attached hydrogens (primary N) is 1. The van der Waals surface area contributed by atoms with Crippen molar-refractivity contribution in [3.05, 3.63) is 23.2 Å². The number of fused-ring (bicyclic) bond motifs is 1. The fourth-order valence-electron chi connectivity index (χ4n) is 1.37. The van der Waals surface area contributed by atoms with Gasteiger partial charge in [0.1, 0.15) is 5.82 Å². The van der Waals surface area contributed by atoms with E-state index < -0.39 is 0 Å². The van der Waals surface area contributed by atoms with Crippen molar-refractivity contribution in [1.29, 1.82) is 0 Å². The number of anilines is 1. The lowest BCUT2D eigenvalue weighted by Crippen LogP contribution is -2.01. The van der Waals surface area contributed by atoms with Gasteiger partial charge in [0.05, 0.1) is 5.52 Å². The maximum atomic E-state index is 5.86. The molecule has 0 aliphatic rings. The molecule has 2 rings (SSSR count). The van der Waals surface area contributed by atoms with Crippen molar-refractivity contribution >= 4 is 28.3 Å². The van der Waals surface area contributed by atoms with Gasteiger partial charge in [-0.3, -0.25) is 0 Å². The molecule has 2 aromatic rings. The first-order chi connectivity index (χ1) is 6.22. The highest BCUT2D eigenvalue weighted by Gasteiger charge is 2.06. The standard InChI is InChI=1S/C9H10ClN3/c1-2-13-9(11)7-4-3-6(10)5-8(7)12-13/h3-5H,2,11H2,1H3. The molecule has 1 aromatic heterocycles. The number of aromatic nitrogens is 2. The van der Waals surface area contributed by atoms with Gasteiger partial charge in [0.2, 0.25) is 0 Å². The van der Waals surface area contributed by atoms with Crippen LogP contribution in [0.4, 0.5) is 5.82 Å². The van der Waals surface area contributed by atoms with Crippen LogP contribution in [0.25, 0.3) is 10.9 Å². The number of hydrogen-bond donors (Lipinski definition) is 1. The van der Waals surface area contributed by atoms with Crippen molar-refractivity contribution in [3.63, 3.8) is 0 Å². The van der Waals surface area contributed by atoms with Crippen LogP contribution in [0, 0.1) is 0 Å². The van der Waals surface area contributed by atoms with Gasteiger partial charge in [0, 0.05) is 17.0 Å². The van der Waals surface area contributed by atoms with E-state index in [0.29, 0.717) is 10.8 Å². The number of rotatable bonds is 1. The van der Waals surface area contributed by atoms with E-state index in [1.807, 2.05) is 25.1 Å². The number of benzene rings is 1. The molecule has 13 heavy (non-hydrogen) atoms. The Morgan fingerprint density at radius 1 is 1.54 bits per heavy atom. The molecule has 0 saturated heterocycles. The minimum Gasteiger partial charge on any atom is -0.383 e. The second-order valence-corrected chi connectivity index (χ2v) is 3.30. The zero-order chi connectivity index (χ0) is 9.42. The quantitative estimate of drug-likeness (QED) is 0.759. The molecule has 0 spiro atoms. The molecule has 68 valence electrons. The summed E-state index contributed by atoms with van der Waals surface area (Å²) >= 11 is 5.83. The van der Waals surface area contributed by atoms with Gasteiger partial charge in [0.25, 0.3) is 0 Å². The fourth-order valence-corrected chi connectivity index (χ4v) is 1.53. The van der Waals surface area contributed by atoms with Crippen molar-refractivity contribution < 1.29 is 0 Å². The number of halogens is 1. The SMILES string of the molecule is CCn1nc2cc(Cl)ccc2c1N. The smallest absolute Gasteiger partial charge is 0.129 e. The molecule has 1 heterocycles. The molecule has 0 aliphatic heterocycles. The summed E-state index contributed by atoms with van der Waals surface area (Å²) < 4.78 is 1.76. The van der Waals surface area contributed by atoms with Gasteiger partial charge in [-0.05, 0) is 25.1 Å². The molecule has 0 amide bonds. The maximum absolute atomic E-state index is 5.86. The Kier molecular flexibility index (Phi) is 1.88. The number of hydrogen-bond acceptors (Lipinski definition) is 2. The molecule has 0 unspecified atom stereocenters. The monoisotopic (exact) mass is 195 g/mol. The van der Waals surface area contributed by atoms with Gasteiger partial charge in [-0.2, -0.15) is 5.10 Å². The van der Waals surface area contributed by atoms with E-state index in [1.165, 1.54) is 0 Å². The molecule has 0 saturated carbocycles. The minimum absolute atomic E-state index is 0.688.